The third-order valence-electron chi connectivity index (χ3n) is 3.72. The number of nitrogens with zero attached hydrogens (tertiary/aromatic N) is 4. The van der Waals surface area contributed by atoms with Gasteiger partial charge < -0.3 is 0 Å². The van der Waals surface area contributed by atoms with Crippen LogP contribution in [-0.2, 0) is 6.42 Å². The SMILES string of the molecule is c1ccc(-n2cc(Cc3cnn(-c4ccccc4)c3)cn2)cc1. The van der Waals surface area contributed by atoms with Crippen LogP contribution >= 0.6 is 0 Å². The van der Waals surface area contributed by atoms with Crippen LogP contribution in [0.3, 0.4) is 0 Å². The van der Waals surface area contributed by atoms with Crippen molar-refractivity contribution in [3.63, 3.8) is 0 Å². The Morgan fingerprint density at radius 1 is 0.609 bits per heavy atom. The van der Waals surface area contributed by atoms with E-state index in [9.17, 15) is 0 Å². The molecule has 0 saturated heterocycles. The minimum atomic E-state index is 0.819. The summed E-state index contributed by atoms with van der Waals surface area (Å²) in [6.07, 6.45) is 8.77. The topological polar surface area (TPSA) is 35.6 Å². The van der Waals surface area contributed by atoms with Gasteiger partial charge in [0.25, 0.3) is 0 Å². The van der Waals surface area contributed by atoms with Crippen molar-refractivity contribution in [3.8, 4) is 11.4 Å². The molecular formula is C19H16N4. The largest absolute Gasteiger partial charge is 0.241 e. The van der Waals surface area contributed by atoms with Crippen LogP contribution in [0.25, 0.3) is 11.4 Å². The molecule has 2 heterocycles. The Bertz CT molecular complexity index is 816. The Morgan fingerprint density at radius 3 is 1.48 bits per heavy atom. The maximum atomic E-state index is 4.44. The zero-order valence-electron chi connectivity index (χ0n) is 12.6. The van der Waals surface area contributed by atoms with Crippen LogP contribution < -0.4 is 0 Å². The summed E-state index contributed by atoms with van der Waals surface area (Å²) in [6, 6.07) is 20.3. The molecule has 112 valence electrons. The molecule has 2 aromatic carbocycles. The Labute approximate surface area is 134 Å². The molecule has 0 unspecified atom stereocenters. The molecule has 0 spiro atoms. The van der Waals surface area contributed by atoms with Gasteiger partial charge in [0, 0.05) is 18.8 Å². The van der Waals surface area contributed by atoms with E-state index in [4.69, 9.17) is 0 Å². The molecule has 4 rings (SSSR count). The van der Waals surface area contributed by atoms with Gasteiger partial charge >= 0.3 is 0 Å². The van der Waals surface area contributed by atoms with Crippen molar-refractivity contribution in [2.45, 2.75) is 6.42 Å². The minimum absolute atomic E-state index is 0.819. The van der Waals surface area contributed by atoms with E-state index in [1.165, 1.54) is 11.1 Å². The van der Waals surface area contributed by atoms with Crippen molar-refractivity contribution in [2.24, 2.45) is 0 Å². The Morgan fingerprint density at radius 2 is 1.04 bits per heavy atom. The third kappa shape index (κ3) is 2.92. The monoisotopic (exact) mass is 300 g/mol. The predicted octanol–water partition coefficient (Wildman–Crippen LogP) is 3.65. The molecule has 0 aliphatic heterocycles. The predicted molar refractivity (Wildman–Crippen MR) is 89.9 cm³/mol. The van der Waals surface area contributed by atoms with Crippen LogP contribution in [0.4, 0.5) is 0 Å². The minimum Gasteiger partial charge on any atom is -0.241 e. The van der Waals surface area contributed by atoms with Gasteiger partial charge in [-0.25, -0.2) is 9.36 Å². The van der Waals surface area contributed by atoms with Crippen molar-refractivity contribution >= 4 is 0 Å². The molecule has 4 aromatic rings. The molecular weight excluding hydrogens is 284 g/mol. The van der Waals surface area contributed by atoms with Crippen molar-refractivity contribution < 1.29 is 0 Å². The van der Waals surface area contributed by atoms with E-state index >= 15 is 0 Å². The highest BCUT2D eigenvalue weighted by molar-refractivity contribution is 5.33. The third-order valence-corrected chi connectivity index (χ3v) is 3.72. The van der Waals surface area contributed by atoms with Gasteiger partial charge in [-0.3, -0.25) is 0 Å². The summed E-state index contributed by atoms with van der Waals surface area (Å²) in [5.41, 5.74) is 4.47. The second kappa shape index (κ2) is 5.93. The molecule has 0 radical (unpaired) electrons. The second-order valence-electron chi connectivity index (χ2n) is 5.43. The summed E-state index contributed by atoms with van der Waals surface area (Å²) in [7, 11) is 0. The van der Waals surface area contributed by atoms with Gasteiger partial charge in [-0.05, 0) is 35.4 Å². The summed E-state index contributed by atoms with van der Waals surface area (Å²) in [5, 5.41) is 8.87. The standard InChI is InChI=1S/C19H16N4/c1-3-7-18(8-4-1)22-14-16(12-20-22)11-17-13-21-23(15-17)19-9-5-2-6-10-19/h1-10,12-15H,11H2. The van der Waals surface area contributed by atoms with Crippen molar-refractivity contribution in [3.05, 3.63) is 96.6 Å². The van der Waals surface area contributed by atoms with Gasteiger partial charge in [0.1, 0.15) is 0 Å². The summed E-state index contributed by atoms with van der Waals surface area (Å²) < 4.78 is 3.80. The average Bonchev–Trinajstić information content (AvgIpc) is 3.27. The molecule has 0 aliphatic rings. The normalized spacial score (nSPS) is 10.8. The summed E-state index contributed by atoms with van der Waals surface area (Å²) in [4.78, 5) is 0. The molecule has 0 amide bonds. The number of rotatable bonds is 4. The first-order chi connectivity index (χ1) is 11.4. The van der Waals surface area contributed by atoms with Crippen LogP contribution in [-0.4, -0.2) is 19.6 Å². The van der Waals surface area contributed by atoms with E-state index in [2.05, 4.69) is 22.6 Å². The zero-order valence-corrected chi connectivity index (χ0v) is 12.6. The van der Waals surface area contributed by atoms with Crippen LogP contribution in [0, 0.1) is 0 Å². The summed E-state index contributed by atoms with van der Waals surface area (Å²) >= 11 is 0. The van der Waals surface area contributed by atoms with Gasteiger partial charge in [0.05, 0.1) is 23.8 Å². The Balaban J connectivity index is 1.53. The Kier molecular flexibility index (Phi) is 3.48. The van der Waals surface area contributed by atoms with Crippen molar-refractivity contribution in [2.75, 3.05) is 0 Å². The summed E-state index contributed by atoms with van der Waals surface area (Å²) in [6.45, 7) is 0. The van der Waals surface area contributed by atoms with E-state index in [0.717, 1.165) is 17.8 Å². The van der Waals surface area contributed by atoms with Gasteiger partial charge in [0.15, 0.2) is 0 Å². The first-order valence-corrected chi connectivity index (χ1v) is 7.56. The van der Waals surface area contributed by atoms with Gasteiger partial charge in [-0.15, -0.1) is 0 Å². The van der Waals surface area contributed by atoms with Crippen molar-refractivity contribution in [1.82, 2.24) is 19.6 Å². The van der Waals surface area contributed by atoms with E-state index in [1.807, 2.05) is 82.4 Å². The first-order valence-electron chi connectivity index (χ1n) is 7.56. The number of hydrogen-bond acceptors (Lipinski definition) is 2. The molecule has 0 atom stereocenters. The summed E-state index contributed by atoms with van der Waals surface area (Å²) in [5.74, 6) is 0. The molecule has 0 aliphatic carbocycles. The van der Waals surface area contributed by atoms with Crippen LogP contribution in [0.15, 0.2) is 85.5 Å². The number of para-hydroxylation sites is 2. The maximum Gasteiger partial charge on any atom is 0.0645 e. The van der Waals surface area contributed by atoms with Crippen molar-refractivity contribution in [1.29, 1.82) is 0 Å². The van der Waals surface area contributed by atoms with E-state index in [-0.39, 0.29) is 0 Å². The lowest BCUT2D eigenvalue weighted by molar-refractivity contribution is 0.879. The van der Waals surface area contributed by atoms with Gasteiger partial charge in [0.2, 0.25) is 0 Å². The number of aromatic nitrogens is 4. The van der Waals surface area contributed by atoms with Crippen LogP contribution in [0.2, 0.25) is 0 Å². The van der Waals surface area contributed by atoms with Gasteiger partial charge in [-0.1, -0.05) is 36.4 Å². The lowest BCUT2D eigenvalue weighted by atomic mass is 10.1. The fraction of sp³-hybridized carbons (Fsp3) is 0.0526. The number of benzene rings is 2. The average molecular weight is 300 g/mol. The highest BCUT2D eigenvalue weighted by Gasteiger charge is 2.05. The second-order valence-corrected chi connectivity index (χ2v) is 5.43. The van der Waals surface area contributed by atoms with Crippen LogP contribution in [0.1, 0.15) is 11.1 Å². The molecule has 23 heavy (non-hydrogen) atoms. The van der Waals surface area contributed by atoms with E-state index in [0.29, 0.717) is 0 Å². The quantitative estimate of drug-likeness (QED) is 0.577. The molecule has 0 bridgehead atoms. The first kappa shape index (κ1) is 13.5. The molecule has 4 nitrogen and oxygen atoms in total. The smallest absolute Gasteiger partial charge is 0.0645 e. The van der Waals surface area contributed by atoms with Crippen LogP contribution in [0.5, 0.6) is 0 Å². The maximum absolute atomic E-state index is 4.44. The Hall–Kier alpha value is -3.14. The molecule has 4 heteroatoms. The lowest BCUT2D eigenvalue weighted by Crippen LogP contribution is -1.93. The highest BCUT2D eigenvalue weighted by atomic mass is 15.3. The van der Waals surface area contributed by atoms with E-state index < -0.39 is 0 Å². The fourth-order valence-electron chi connectivity index (χ4n) is 2.58. The van der Waals surface area contributed by atoms with E-state index in [1.54, 1.807) is 0 Å². The molecule has 0 saturated carbocycles. The number of hydrogen-bond donors (Lipinski definition) is 0. The zero-order chi connectivity index (χ0) is 15.5. The molecule has 0 N–H and O–H groups in total. The lowest BCUT2D eigenvalue weighted by Gasteiger charge is -1.99. The molecule has 0 fully saturated rings. The molecule has 2 aromatic heterocycles. The fourth-order valence-corrected chi connectivity index (χ4v) is 2.58. The highest BCUT2D eigenvalue weighted by Crippen LogP contribution is 2.13. The van der Waals surface area contributed by atoms with Gasteiger partial charge in [-0.2, -0.15) is 10.2 Å².